The Morgan fingerprint density at radius 3 is 2.62 bits per heavy atom. The highest BCUT2D eigenvalue weighted by Gasteiger charge is 2.21. The standard InChI is InChI=1S/C23H36FN5O3/c1-25-23(26-10-3-16-31-18-21-4-2-17-32-21)27-11-9-22(30)29-14-12-28(13-15-29)20-7-5-19(24)6-8-20/h5-8,21H,2-4,9-18H2,1H3,(H2,25,26,27). The van der Waals surface area contributed by atoms with Crippen LogP contribution < -0.4 is 15.5 Å². The second kappa shape index (κ2) is 13.2. The van der Waals surface area contributed by atoms with Crippen molar-refractivity contribution in [3.63, 3.8) is 0 Å². The molecule has 2 saturated heterocycles. The van der Waals surface area contributed by atoms with Crippen LogP contribution >= 0.6 is 0 Å². The van der Waals surface area contributed by atoms with Gasteiger partial charge in [0.15, 0.2) is 5.96 Å². The molecule has 0 saturated carbocycles. The van der Waals surface area contributed by atoms with E-state index in [0.717, 1.165) is 51.2 Å². The molecule has 2 aliphatic heterocycles. The smallest absolute Gasteiger partial charge is 0.224 e. The largest absolute Gasteiger partial charge is 0.379 e. The van der Waals surface area contributed by atoms with Crippen LogP contribution in [0.5, 0.6) is 0 Å². The van der Waals surface area contributed by atoms with Crippen LogP contribution in [0.15, 0.2) is 29.3 Å². The highest BCUT2D eigenvalue weighted by atomic mass is 19.1. The van der Waals surface area contributed by atoms with Gasteiger partial charge in [-0.25, -0.2) is 4.39 Å². The molecule has 0 radical (unpaired) electrons. The van der Waals surface area contributed by atoms with Crippen molar-refractivity contribution in [2.45, 2.75) is 31.8 Å². The second-order valence-electron chi connectivity index (χ2n) is 8.08. The van der Waals surface area contributed by atoms with Crippen molar-refractivity contribution in [3.8, 4) is 0 Å². The van der Waals surface area contributed by atoms with Crippen molar-refractivity contribution in [1.29, 1.82) is 0 Å². The number of amides is 1. The topological polar surface area (TPSA) is 78.4 Å². The summed E-state index contributed by atoms with van der Waals surface area (Å²) in [5.74, 6) is 0.592. The van der Waals surface area contributed by atoms with Gasteiger partial charge in [0.05, 0.1) is 12.7 Å². The molecule has 9 heteroatoms. The summed E-state index contributed by atoms with van der Waals surface area (Å²) in [6.45, 7) is 6.36. The van der Waals surface area contributed by atoms with Crippen molar-refractivity contribution >= 4 is 17.6 Å². The van der Waals surface area contributed by atoms with Gasteiger partial charge in [0.1, 0.15) is 5.82 Å². The number of guanidine groups is 1. The van der Waals surface area contributed by atoms with Crippen LogP contribution in [0.2, 0.25) is 0 Å². The summed E-state index contributed by atoms with van der Waals surface area (Å²) in [6.07, 6.45) is 3.79. The lowest BCUT2D eigenvalue weighted by Gasteiger charge is -2.36. The van der Waals surface area contributed by atoms with Crippen LogP contribution in [0.3, 0.4) is 0 Å². The monoisotopic (exact) mass is 449 g/mol. The molecule has 178 valence electrons. The van der Waals surface area contributed by atoms with E-state index in [-0.39, 0.29) is 17.8 Å². The quantitative estimate of drug-likeness (QED) is 0.321. The zero-order valence-electron chi connectivity index (χ0n) is 19.0. The van der Waals surface area contributed by atoms with Crippen LogP contribution in [0, 0.1) is 5.82 Å². The third-order valence-electron chi connectivity index (χ3n) is 5.76. The average Bonchev–Trinajstić information content (AvgIpc) is 3.34. The van der Waals surface area contributed by atoms with Crippen LogP contribution in [0.4, 0.5) is 10.1 Å². The lowest BCUT2D eigenvalue weighted by molar-refractivity contribution is -0.131. The summed E-state index contributed by atoms with van der Waals surface area (Å²) in [5.41, 5.74) is 0.993. The fraction of sp³-hybridized carbons (Fsp3) is 0.652. The maximum absolute atomic E-state index is 13.1. The first-order valence-electron chi connectivity index (χ1n) is 11.6. The zero-order chi connectivity index (χ0) is 22.6. The Balaban J connectivity index is 1.24. The maximum atomic E-state index is 13.1. The summed E-state index contributed by atoms with van der Waals surface area (Å²) in [5, 5.41) is 6.45. The fourth-order valence-electron chi connectivity index (χ4n) is 3.90. The van der Waals surface area contributed by atoms with Gasteiger partial charge in [0.25, 0.3) is 0 Å². The van der Waals surface area contributed by atoms with Crippen molar-refractivity contribution in [3.05, 3.63) is 30.1 Å². The maximum Gasteiger partial charge on any atom is 0.224 e. The van der Waals surface area contributed by atoms with Gasteiger partial charge >= 0.3 is 0 Å². The molecule has 1 atom stereocenters. The van der Waals surface area contributed by atoms with Crippen LogP contribution in [0.25, 0.3) is 0 Å². The SMILES string of the molecule is CN=C(NCCCOCC1CCCO1)NCCC(=O)N1CCN(c2ccc(F)cc2)CC1. The molecule has 32 heavy (non-hydrogen) atoms. The molecule has 1 aromatic carbocycles. The molecule has 0 aromatic heterocycles. The number of benzene rings is 1. The predicted octanol–water partition coefficient (Wildman–Crippen LogP) is 1.62. The van der Waals surface area contributed by atoms with Crippen molar-refractivity contribution in [1.82, 2.24) is 15.5 Å². The lowest BCUT2D eigenvalue weighted by Crippen LogP contribution is -2.49. The first kappa shape index (κ1) is 24.3. The molecule has 1 unspecified atom stereocenters. The minimum Gasteiger partial charge on any atom is -0.379 e. The number of anilines is 1. The number of hydrogen-bond acceptors (Lipinski definition) is 5. The molecular weight excluding hydrogens is 413 g/mol. The van der Waals surface area contributed by atoms with E-state index in [0.29, 0.717) is 45.2 Å². The van der Waals surface area contributed by atoms with Gasteiger partial charge in [-0.15, -0.1) is 0 Å². The molecule has 0 aliphatic carbocycles. The number of nitrogens with one attached hydrogen (secondary N) is 2. The van der Waals surface area contributed by atoms with E-state index < -0.39 is 0 Å². The van der Waals surface area contributed by atoms with Crippen molar-refractivity contribution in [2.24, 2.45) is 4.99 Å². The molecule has 2 heterocycles. The Labute approximate surface area is 190 Å². The van der Waals surface area contributed by atoms with E-state index in [9.17, 15) is 9.18 Å². The Kier molecular flexibility index (Phi) is 10.0. The van der Waals surface area contributed by atoms with E-state index >= 15 is 0 Å². The molecule has 2 aliphatic rings. The summed E-state index contributed by atoms with van der Waals surface area (Å²) >= 11 is 0. The third kappa shape index (κ3) is 7.94. The number of ether oxygens (including phenoxy) is 2. The summed E-state index contributed by atoms with van der Waals surface area (Å²) in [7, 11) is 1.72. The number of halogens is 1. The van der Waals surface area contributed by atoms with Gasteiger partial charge in [0.2, 0.25) is 5.91 Å². The number of carbonyl (C=O) groups is 1. The highest BCUT2D eigenvalue weighted by Crippen LogP contribution is 2.17. The molecule has 0 spiro atoms. The first-order chi connectivity index (χ1) is 15.7. The van der Waals surface area contributed by atoms with Crippen LogP contribution in [0.1, 0.15) is 25.7 Å². The van der Waals surface area contributed by atoms with Crippen molar-refractivity contribution in [2.75, 3.05) is 71.0 Å². The van der Waals surface area contributed by atoms with Gasteiger partial charge in [-0.3, -0.25) is 9.79 Å². The number of nitrogens with zero attached hydrogens (tertiary/aromatic N) is 3. The lowest BCUT2D eigenvalue weighted by atomic mass is 10.2. The minimum atomic E-state index is -0.234. The number of hydrogen-bond donors (Lipinski definition) is 2. The van der Waals surface area contributed by atoms with E-state index in [1.165, 1.54) is 12.1 Å². The van der Waals surface area contributed by atoms with E-state index in [1.54, 1.807) is 19.2 Å². The van der Waals surface area contributed by atoms with E-state index in [2.05, 4.69) is 20.5 Å². The molecule has 0 bridgehead atoms. The van der Waals surface area contributed by atoms with Gasteiger partial charge in [-0.1, -0.05) is 0 Å². The normalized spacial score (nSPS) is 19.3. The molecule has 1 amide bonds. The molecule has 3 rings (SSSR count). The molecule has 2 N–H and O–H groups in total. The Hall–Kier alpha value is -2.39. The molecule has 1 aromatic rings. The average molecular weight is 450 g/mol. The van der Waals surface area contributed by atoms with Crippen LogP contribution in [-0.2, 0) is 14.3 Å². The third-order valence-corrected chi connectivity index (χ3v) is 5.76. The van der Waals surface area contributed by atoms with E-state index in [4.69, 9.17) is 9.47 Å². The number of rotatable bonds is 10. The summed E-state index contributed by atoms with van der Waals surface area (Å²) < 4.78 is 24.3. The summed E-state index contributed by atoms with van der Waals surface area (Å²) in [4.78, 5) is 20.8. The number of aliphatic imine (C=N–C) groups is 1. The molecular formula is C23H36FN5O3. The molecule has 8 nitrogen and oxygen atoms in total. The van der Waals surface area contributed by atoms with Gasteiger partial charge < -0.3 is 29.9 Å². The van der Waals surface area contributed by atoms with Gasteiger partial charge in [0, 0.05) is 71.6 Å². The second-order valence-corrected chi connectivity index (χ2v) is 8.08. The zero-order valence-corrected chi connectivity index (χ0v) is 19.0. The Morgan fingerprint density at radius 2 is 1.94 bits per heavy atom. The van der Waals surface area contributed by atoms with Gasteiger partial charge in [-0.2, -0.15) is 0 Å². The molecule has 2 fully saturated rings. The Morgan fingerprint density at radius 1 is 1.19 bits per heavy atom. The number of piperazine rings is 1. The first-order valence-corrected chi connectivity index (χ1v) is 11.6. The summed E-state index contributed by atoms with van der Waals surface area (Å²) in [6, 6.07) is 6.51. The highest BCUT2D eigenvalue weighted by molar-refractivity contribution is 5.81. The fourth-order valence-corrected chi connectivity index (χ4v) is 3.90. The minimum absolute atomic E-state index is 0.134. The van der Waals surface area contributed by atoms with Crippen molar-refractivity contribution < 1.29 is 18.7 Å². The van der Waals surface area contributed by atoms with E-state index in [1.807, 2.05) is 4.90 Å². The predicted molar refractivity (Wildman–Crippen MR) is 124 cm³/mol. The van der Waals surface area contributed by atoms with Crippen LogP contribution in [-0.4, -0.2) is 89.0 Å². The number of carbonyl (C=O) groups excluding carboxylic acids is 1. The van der Waals surface area contributed by atoms with Gasteiger partial charge in [-0.05, 0) is 43.5 Å². The Bertz CT molecular complexity index is 717.